The molecule has 1 aromatic heterocycles. The van der Waals surface area contributed by atoms with Crippen molar-refractivity contribution < 1.29 is 9.59 Å². The Hall–Kier alpha value is -2.96. The Morgan fingerprint density at radius 2 is 1.68 bits per heavy atom. The van der Waals surface area contributed by atoms with Crippen LogP contribution in [0.15, 0.2) is 39.9 Å². The van der Waals surface area contributed by atoms with Crippen LogP contribution in [0.4, 0.5) is 5.69 Å². The van der Waals surface area contributed by atoms with Crippen LogP contribution in [-0.4, -0.2) is 21.8 Å². The average molecular weight is 257 g/mol. The highest BCUT2D eigenvalue weighted by molar-refractivity contribution is 6.33. The van der Waals surface area contributed by atoms with Gasteiger partial charge in [0.15, 0.2) is 0 Å². The predicted molar refractivity (Wildman–Crippen MR) is 65.3 cm³/mol. The fourth-order valence-corrected chi connectivity index (χ4v) is 1.91. The highest BCUT2D eigenvalue weighted by Gasteiger charge is 2.42. The van der Waals surface area contributed by atoms with E-state index in [0.29, 0.717) is 0 Å². The van der Waals surface area contributed by atoms with Crippen LogP contribution in [0.5, 0.6) is 0 Å². The molecule has 1 aromatic carbocycles. The second kappa shape index (κ2) is 3.77. The van der Waals surface area contributed by atoms with Gasteiger partial charge in [0, 0.05) is 5.56 Å². The van der Waals surface area contributed by atoms with Gasteiger partial charge in [0.2, 0.25) is 0 Å². The normalized spacial score (nSPS) is 12.8. The van der Waals surface area contributed by atoms with Gasteiger partial charge in [-0.25, -0.2) is 9.69 Å². The molecule has 2 N–H and O–H groups in total. The zero-order chi connectivity index (χ0) is 13.6. The Bertz CT molecular complexity index is 804. The molecule has 0 bridgehead atoms. The van der Waals surface area contributed by atoms with Gasteiger partial charge >= 0.3 is 5.69 Å². The molecule has 19 heavy (non-hydrogen) atoms. The molecule has 0 saturated carbocycles. The van der Waals surface area contributed by atoms with Gasteiger partial charge in [-0.05, 0) is 12.1 Å². The summed E-state index contributed by atoms with van der Waals surface area (Å²) in [7, 11) is 0. The highest BCUT2D eigenvalue weighted by atomic mass is 16.2. The quantitative estimate of drug-likeness (QED) is 0.694. The molecule has 0 radical (unpaired) electrons. The zero-order valence-electron chi connectivity index (χ0n) is 9.47. The molecule has 0 fully saturated rings. The van der Waals surface area contributed by atoms with Gasteiger partial charge in [-0.3, -0.25) is 19.4 Å². The topological polar surface area (TPSA) is 103 Å². The van der Waals surface area contributed by atoms with Gasteiger partial charge in [0.05, 0.1) is 0 Å². The first-order valence-corrected chi connectivity index (χ1v) is 5.40. The van der Waals surface area contributed by atoms with E-state index < -0.39 is 23.1 Å². The number of fused-ring (bicyclic) bond motifs is 1. The molecule has 2 amide bonds. The summed E-state index contributed by atoms with van der Waals surface area (Å²) in [5.74, 6) is -1.29. The Kier molecular flexibility index (Phi) is 2.21. The van der Waals surface area contributed by atoms with Gasteiger partial charge in [-0.1, -0.05) is 18.2 Å². The van der Waals surface area contributed by atoms with E-state index >= 15 is 0 Å². The maximum atomic E-state index is 12.1. The van der Waals surface area contributed by atoms with Crippen LogP contribution in [0.2, 0.25) is 0 Å². The lowest BCUT2D eigenvalue weighted by Crippen LogP contribution is -2.52. The first kappa shape index (κ1) is 11.1. The monoisotopic (exact) mass is 257 g/mol. The van der Waals surface area contributed by atoms with Crippen LogP contribution < -0.4 is 16.1 Å². The third-order valence-corrected chi connectivity index (χ3v) is 2.78. The molecule has 2 heterocycles. The second-order valence-electron chi connectivity index (χ2n) is 3.94. The van der Waals surface area contributed by atoms with E-state index in [1.165, 1.54) is 12.1 Å². The molecule has 0 atom stereocenters. The first-order chi connectivity index (χ1) is 9.09. The fourth-order valence-electron chi connectivity index (χ4n) is 1.91. The van der Waals surface area contributed by atoms with Crippen molar-refractivity contribution in [2.24, 2.45) is 0 Å². The van der Waals surface area contributed by atoms with Crippen LogP contribution in [0.25, 0.3) is 0 Å². The number of H-pyrrole nitrogens is 2. The van der Waals surface area contributed by atoms with Gasteiger partial charge in [0.25, 0.3) is 17.4 Å². The number of nitrogens with one attached hydrogen (secondary N) is 2. The minimum absolute atomic E-state index is 0.126. The van der Waals surface area contributed by atoms with Crippen molar-refractivity contribution in [1.82, 2.24) is 9.97 Å². The van der Waals surface area contributed by atoms with E-state index in [2.05, 4.69) is 4.98 Å². The van der Waals surface area contributed by atoms with Crippen LogP contribution in [0.1, 0.15) is 20.8 Å². The fraction of sp³-hybridized carbons (Fsp3) is 0. The summed E-state index contributed by atoms with van der Waals surface area (Å²) < 4.78 is 0. The minimum atomic E-state index is -0.774. The second-order valence-corrected chi connectivity index (χ2v) is 3.94. The Labute approximate surface area is 105 Å². The smallest absolute Gasteiger partial charge is 0.301 e. The number of amides is 2. The van der Waals surface area contributed by atoms with Crippen LogP contribution in [0.3, 0.4) is 0 Å². The summed E-state index contributed by atoms with van der Waals surface area (Å²) in [5.41, 5.74) is -1.52. The molecule has 0 spiro atoms. The summed E-state index contributed by atoms with van der Waals surface area (Å²) in [4.78, 5) is 51.4. The molecule has 1 aliphatic heterocycles. The van der Waals surface area contributed by atoms with Crippen molar-refractivity contribution in [2.75, 3.05) is 4.90 Å². The third-order valence-electron chi connectivity index (χ3n) is 2.78. The lowest BCUT2D eigenvalue weighted by atomic mass is 10.1. The summed E-state index contributed by atoms with van der Waals surface area (Å²) in [6.07, 6.45) is 0. The van der Waals surface area contributed by atoms with E-state index in [9.17, 15) is 19.2 Å². The maximum Gasteiger partial charge on any atom is 0.326 e. The molecular weight excluding hydrogens is 250 g/mol. The number of aromatic nitrogens is 2. The van der Waals surface area contributed by atoms with Gasteiger partial charge in [-0.15, -0.1) is 0 Å². The SMILES string of the molecule is O=C(c1ccccc1)N1C(=O)c2[nH]c(=O)[nH]c(=O)c21. The predicted octanol–water partition coefficient (Wildman–Crippen LogP) is -0.136. The van der Waals surface area contributed by atoms with Gasteiger partial charge in [0.1, 0.15) is 11.4 Å². The molecular formula is C12H7N3O4. The van der Waals surface area contributed by atoms with E-state index in [4.69, 9.17) is 0 Å². The van der Waals surface area contributed by atoms with E-state index in [1.54, 1.807) is 18.2 Å². The lowest BCUT2D eigenvalue weighted by molar-refractivity contribution is 0.0872. The number of hydrogen-bond acceptors (Lipinski definition) is 4. The van der Waals surface area contributed by atoms with Crippen molar-refractivity contribution in [1.29, 1.82) is 0 Å². The van der Waals surface area contributed by atoms with Gasteiger partial charge < -0.3 is 4.98 Å². The number of nitrogens with zero attached hydrogens (tertiary/aromatic N) is 1. The molecule has 1 aliphatic rings. The molecule has 94 valence electrons. The summed E-state index contributed by atoms with van der Waals surface area (Å²) in [6, 6.07) is 8.10. The molecule has 3 rings (SSSR count). The van der Waals surface area contributed by atoms with Crippen LogP contribution >= 0.6 is 0 Å². The van der Waals surface area contributed by atoms with Crippen LogP contribution in [-0.2, 0) is 0 Å². The van der Waals surface area contributed by atoms with Crippen molar-refractivity contribution in [3.63, 3.8) is 0 Å². The summed E-state index contributed by atoms with van der Waals surface area (Å²) in [6.45, 7) is 0. The standard InChI is InChI=1S/C12H7N3O4/c16-9-8-7(13-12(19)14-9)11(18)15(8)10(17)6-4-2-1-3-5-6/h1-5H,(H2,13,14,16,19). The number of benzene rings is 1. The average Bonchev–Trinajstić information content (AvgIpc) is 2.41. The number of hydrogen-bond donors (Lipinski definition) is 2. The van der Waals surface area contributed by atoms with Crippen molar-refractivity contribution >= 4 is 17.5 Å². The maximum absolute atomic E-state index is 12.1. The molecule has 0 saturated heterocycles. The van der Waals surface area contributed by atoms with E-state index in [0.717, 1.165) is 4.90 Å². The molecule has 0 unspecified atom stereocenters. The Balaban J connectivity index is 2.10. The van der Waals surface area contributed by atoms with E-state index in [1.807, 2.05) is 4.98 Å². The number of rotatable bonds is 1. The molecule has 0 aliphatic carbocycles. The molecule has 7 heteroatoms. The van der Waals surface area contributed by atoms with Crippen LogP contribution in [0, 0.1) is 0 Å². The van der Waals surface area contributed by atoms with Crippen molar-refractivity contribution in [3.8, 4) is 0 Å². The van der Waals surface area contributed by atoms with Crippen molar-refractivity contribution in [2.45, 2.75) is 0 Å². The largest absolute Gasteiger partial charge is 0.326 e. The first-order valence-electron chi connectivity index (χ1n) is 5.40. The number of anilines is 1. The Morgan fingerprint density at radius 3 is 2.37 bits per heavy atom. The van der Waals surface area contributed by atoms with E-state index in [-0.39, 0.29) is 16.9 Å². The lowest BCUT2D eigenvalue weighted by Gasteiger charge is -2.29. The number of carbonyl (C=O) groups excluding carboxylic acids is 2. The summed E-state index contributed by atoms with van der Waals surface area (Å²) in [5, 5.41) is 0. The molecule has 7 nitrogen and oxygen atoms in total. The minimum Gasteiger partial charge on any atom is -0.301 e. The zero-order valence-corrected chi connectivity index (χ0v) is 9.47. The summed E-state index contributed by atoms with van der Waals surface area (Å²) >= 11 is 0. The number of carbonyl (C=O) groups is 2. The number of imide groups is 1. The van der Waals surface area contributed by atoms with Crippen molar-refractivity contribution in [3.05, 3.63) is 62.4 Å². The van der Waals surface area contributed by atoms with Gasteiger partial charge in [-0.2, -0.15) is 0 Å². The Morgan fingerprint density at radius 1 is 1.00 bits per heavy atom. The highest BCUT2D eigenvalue weighted by Crippen LogP contribution is 2.27. The number of aromatic amines is 2. The molecule has 2 aromatic rings. The third kappa shape index (κ3) is 1.52.